The molecule has 0 unspecified atom stereocenters. The monoisotopic (exact) mass is 258 g/mol. The van der Waals surface area contributed by atoms with Crippen LogP contribution in [0.4, 0.5) is 5.82 Å². The summed E-state index contributed by atoms with van der Waals surface area (Å²) in [7, 11) is 0. The molecule has 1 aliphatic heterocycles. The fraction of sp³-hybridized carbons (Fsp3) is 0.600. The lowest BCUT2D eigenvalue weighted by Gasteiger charge is -2.30. The number of nitrogens with zero attached hydrogens (tertiary/aromatic N) is 3. The van der Waals surface area contributed by atoms with Crippen LogP contribution < -0.4 is 10.2 Å². The lowest BCUT2D eigenvalue weighted by molar-refractivity contribution is 0.374. The quantitative estimate of drug-likeness (QED) is 0.898. The van der Waals surface area contributed by atoms with Gasteiger partial charge in [0.2, 0.25) is 0 Å². The van der Waals surface area contributed by atoms with Gasteiger partial charge in [0.25, 0.3) is 0 Å². The van der Waals surface area contributed by atoms with Crippen molar-refractivity contribution >= 4 is 5.82 Å². The van der Waals surface area contributed by atoms with Crippen molar-refractivity contribution in [3.8, 4) is 6.07 Å². The number of anilines is 1. The molecule has 0 radical (unpaired) electrons. The number of aryl methyl sites for hydroxylation is 1. The highest BCUT2D eigenvalue weighted by Crippen LogP contribution is 2.21. The summed E-state index contributed by atoms with van der Waals surface area (Å²) in [5.74, 6) is 1.55. The Morgan fingerprint density at radius 3 is 2.79 bits per heavy atom. The minimum absolute atomic E-state index is 0.682. The van der Waals surface area contributed by atoms with E-state index in [-0.39, 0.29) is 0 Å². The van der Waals surface area contributed by atoms with Crippen LogP contribution in [0.2, 0.25) is 0 Å². The highest BCUT2D eigenvalue weighted by atomic mass is 15.2. The molecule has 0 spiro atoms. The van der Waals surface area contributed by atoms with Crippen LogP contribution in [0.25, 0.3) is 0 Å². The van der Waals surface area contributed by atoms with Gasteiger partial charge in [-0.1, -0.05) is 0 Å². The van der Waals surface area contributed by atoms with Crippen LogP contribution in [-0.4, -0.2) is 31.2 Å². The third-order valence-corrected chi connectivity index (χ3v) is 3.75. The number of aromatic nitrogens is 1. The van der Waals surface area contributed by atoms with Gasteiger partial charge in [0.15, 0.2) is 0 Å². The summed E-state index contributed by atoms with van der Waals surface area (Å²) in [5.41, 5.74) is 1.65. The topological polar surface area (TPSA) is 52.0 Å². The number of hydrogen-bond acceptors (Lipinski definition) is 4. The number of pyridine rings is 1. The molecule has 2 rings (SSSR count). The van der Waals surface area contributed by atoms with E-state index >= 15 is 0 Å². The standard InChI is InChI=1S/C15H22N4/c1-3-19(11-13-6-8-17-9-7-13)15-14(10-16)5-4-12(2)18-15/h4-5,13,17H,3,6-9,11H2,1-2H3. The predicted molar refractivity (Wildman–Crippen MR) is 77.2 cm³/mol. The summed E-state index contributed by atoms with van der Waals surface area (Å²) in [6.45, 7) is 8.22. The van der Waals surface area contributed by atoms with E-state index in [9.17, 15) is 5.26 Å². The van der Waals surface area contributed by atoms with Gasteiger partial charge in [-0.05, 0) is 57.8 Å². The van der Waals surface area contributed by atoms with Crippen LogP contribution in [0.1, 0.15) is 31.0 Å². The fourth-order valence-corrected chi connectivity index (χ4v) is 2.61. The van der Waals surface area contributed by atoms with Gasteiger partial charge in [0.05, 0.1) is 5.56 Å². The molecule has 19 heavy (non-hydrogen) atoms. The molecule has 1 aliphatic rings. The number of piperidine rings is 1. The molecule has 0 bridgehead atoms. The third kappa shape index (κ3) is 3.45. The van der Waals surface area contributed by atoms with Crippen LogP contribution in [0.5, 0.6) is 0 Å². The predicted octanol–water partition coefficient (Wildman–Crippen LogP) is 2.09. The molecule has 4 heteroatoms. The van der Waals surface area contributed by atoms with Crippen molar-refractivity contribution in [3.05, 3.63) is 23.4 Å². The summed E-state index contributed by atoms with van der Waals surface area (Å²) in [4.78, 5) is 6.82. The second-order valence-electron chi connectivity index (χ2n) is 5.17. The highest BCUT2D eigenvalue weighted by molar-refractivity contribution is 5.54. The first-order valence-corrected chi connectivity index (χ1v) is 7.08. The van der Waals surface area contributed by atoms with E-state index in [1.54, 1.807) is 0 Å². The maximum Gasteiger partial charge on any atom is 0.146 e. The molecule has 0 aromatic carbocycles. The lowest BCUT2D eigenvalue weighted by Crippen LogP contribution is -2.36. The van der Waals surface area contributed by atoms with Crippen molar-refractivity contribution < 1.29 is 0 Å². The van der Waals surface area contributed by atoms with Gasteiger partial charge < -0.3 is 10.2 Å². The van der Waals surface area contributed by atoms with Crippen molar-refractivity contribution in [2.24, 2.45) is 5.92 Å². The van der Waals surface area contributed by atoms with Crippen molar-refractivity contribution in [2.45, 2.75) is 26.7 Å². The van der Waals surface area contributed by atoms with Gasteiger partial charge in [-0.2, -0.15) is 5.26 Å². The van der Waals surface area contributed by atoms with Crippen LogP contribution in [0.3, 0.4) is 0 Å². The van der Waals surface area contributed by atoms with E-state index in [0.717, 1.165) is 37.7 Å². The van der Waals surface area contributed by atoms with E-state index in [4.69, 9.17) is 0 Å². The van der Waals surface area contributed by atoms with Crippen LogP contribution in [0, 0.1) is 24.2 Å². The minimum atomic E-state index is 0.682. The molecule has 1 aromatic rings. The average Bonchev–Trinajstić information content (AvgIpc) is 2.46. The van der Waals surface area contributed by atoms with E-state index in [1.165, 1.54) is 12.8 Å². The Hall–Kier alpha value is -1.60. The third-order valence-electron chi connectivity index (χ3n) is 3.75. The Balaban J connectivity index is 2.16. The number of rotatable bonds is 4. The molecule has 0 atom stereocenters. The Labute approximate surface area is 115 Å². The molecule has 0 saturated carbocycles. The maximum atomic E-state index is 9.23. The van der Waals surface area contributed by atoms with Crippen molar-refractivity contribution in [1.82, 2.24) is 10.3 Å². The van der Waals surface area contributed by atoms with Gasteiger partial charge in [-0.15, -0.1) is 0 Å². The van der Waals surface area contributed by atoms with Crippen molar-refractivity contribution in [3.63, 3.8) is 0 Å². The molecule has 4 nitrogen and oxygen atoms in total. The van der Waals surface area contributed by atoms with Gasteiger partial charge in [0, 0.05) is 18.8 Å². The largest absolute Gasteiger partial charge is 0.356 e. The minimum Gasteiger partial charge on any atom is -0.356 e. The van der Waals surface area contributed by atoms with E-state index < -0.39 is 0 Å². The fourth-order valence-electron chi connectivity index (χ4n) is 2.61. The molecule has 0 amide bonds. The van der Waals surface area contributed by atoms with Crippen LogP contribution in [-0.2, 0) is 0 Å². The maximum absolute atomic E-state index is 9.23. The zero-order valence-electron chi connectivity index (χ0n) is 11.8. The molecule has 0 aliphatic carbocycles. The summed E-state index contributed by atoms with van der Waals surface area (Å²) in [5, 5.41) is 12.6. The number of hydrogen-bond donors (Lipinski definition) is 1. The molecule has 1 saturated heterocycles. The highest BCUT2D eigenvalue weighted by Gasteiger charge is 2.19. The first-order valence-electron chi connectivity index (χ1n) is 7.08. The van der Waals surface area contributed by atoms with Gasteiger partial charge in [-0.25, -0.2) is 4.98 Å². The van der Waals surface area contributed by atoms with Gasteiger partial charge in [-0.3, -0.25) is 0 Å². The Kier molecular flexibility index (Phi) is 4.75. The van der Waals surface area contributed by atoms with Gasteiger partial charge >= 0.3 is 0 Å². The van der Waals surface area contributed by atoms with Crippen molar-refractivity contribution in [2.75, 3.05) is 31.1 Å². The smallest absolute Gasteiger partial charge is 0.146 e. The first kappa shape index (κ1) is 13.8. The zero-order chi connectivity index (χ0) is 13.7. The van der Waals surface area contributed by atoms with Gasteiger partial charge in [0.1, 0.15) is 11.9 Å². The summed E-state index contributed by atoms with van der Waals surface area (Å²) in [6, 6.07) is 6.04. The average molecular weight is 258 g/mol. The Bertz CT molecular complexity index is 458. The SMILES string of the molecule is CCN(CC1CCNCC1)c1nc(C)ccc1C#N. The second kappa shape index (κ2) is 6.53. The van der Waals surface area contributed by atoms with E-state index in [2.05, 4.69) is 28.2 Å². The molecule has 1 fully saturated rings. The summed E-state index contributed by atoms with van der Waals surface area (Å²) < 4.78 is 0. The Morgan fingerprint density at radius 2 is 2.16 bits per heavy atom. The zero-order valence-corrected chi connectivity index (χ0v) is 11.8. The molecule has 102 valence electrons. The molecule has 1 aromatic heterocycles. The van der Waals surface area contributed by atoms with E-state index in [1.807, 2.05) is 19.1 Å². The normalized spacial score (nSPS) is 16.1. The van der Waals surface area contributed by atoms with Crippen molar-refractivity contribution in [1.29, 1.82) is 5.26 Å². The lowest BCUT2D eigenvalue weighted by atomic mass is 9.97. The second-order valence-corrected chi connectivity index (χ2v) is 5.17. The van der Waals surface area contributed by atoms with Crippen LogP contribution >= 0.6 is 0 Å². The summed E-state index contributed by atoms with van der Waals surface area (Å²) in [6.07, 6.45) is 2.43. The molecular weight excluding hydrogens is 236 g/mol. The molecule has 2 heterocycles. The Morgan fingerprint density at radius 1 is 1.42 bits per heavy atom. The summed E-state index contributed by atoms with van der Waals surface area (Å²) >= 11 is 0. The first-order chi connectivity index (χ1) is 9.24. The van der Waals surface area contributed by atoms with E-state index in [0.29, 0.717) is 11.5 Å². The number of nitrogens with one attached hydrogen (secondary N) is 1. The molecular formula is C15H22N4. The molecule has 1 N–H and O–H groups in total. The number of nitriles is 1. The van der Waals surface area contributed by atoms with Crippen LogP contribution in [0.15, 0.2) is 12.1 Å².